The molecular weight excluding hydrogens is 437 g/mol. The van der Waals surface area contributed by atoms with Crippen LogP contribution < -0.4 is 9.47 Å². The Labute approximate surface area is 189 Å². The molecule has 3 rings (SSSR count). The zero-order valence-corrected chi connectivity index (χ0v) is 18.4. The molecule has 0 bridgehead atoms. The molecule has 1 heterocycles. The van der Waals surface area contributed by atoms with Crippen molar-refractivity contribution in [3.05, 3.63) is 71.0 Å². The Hall–Kier alpha value is -3.42. The Morgan fingerprint density at radius 1 is 1.06 bits per heavy atom. The number of alkyl halides is 3. The van der Waals surface area contributed by atoms with Crippen LogP contribution in [0, 0.1) is 0 Å². The van der Waals surface area contributed by atoms with Gasteiger partial charge in [-0.15, -0.1) is 0 Å². The highest BCUT2D eigenvalue weighted by atomic mass is 19.4. The van der Waals surface area contributed by atoms with Gasteiger partial charge in [0.25, 0.3) is 0 Å². The van der Waals surface area contributed by atoms with Gasteiger partial charge < -0.3 is 19.0 Å². The number of aryl methyl sites for hydroxylation is 2. The molecule has 0 saturated heterocycles. The number of hydrogen-bond acceptors (Lipinski definition) is 4. The van der Waals surface area contributed by atoms with Gasteiger partial charge in [0.2, 0.25) is 0 Å². The quantitative estimate of drug-likeness (QED) is 0.365. The van der Waals surface area contributed by atoms with Crippen molar-refractivity contribution in [1.82, 2.24) is 0 Å². The van der Waals surface area contributed by atoms with Gasteiger partial charge >= 0.3 is 12.1 Å². The van der Waals surface area contributed by atoms with E-state index in [0.29, 0.717) is 54.3 Å². The Balaban J connectivity index is 1.62. The van der Waals surface area contributed by atoms with Crippen LogP contribution in [-0.2, 0) is 30.2 Å². The van der Waals surface area contributed by atoms with E-state index in [-0.39, 0.29) is 6.42 Å². The Morgan fingerprint density at radius 2 is 1.79 bits per heavy atom. The second kappa shape index (κ2) is 10.5. The van der Waals surface area contributed by atoms with Gasteiger partial charge in [-0.3, -0.25) is 4.79 Å². The van der Waals surface area contributed by atoms with Crippen molar-refractivity contribution in [1.29, 1.82) is 0 Å². The molecule has 0 fully saturated rings. The highest BCUT2D eigenvalue weighted by molar-refractivity contribution is 5.71. The number of carbonyl (C=O) groups is 1. The minimum Gasteiger partial charge on any atom is -0.496 e. The molecule has 8 heteroatoms. The molecule has 0 aliphatic heterocycles. The minimum absolute atomic E-state index is 0.165. The smallest absolute Gasteiger partial charge is 0.416 e. The summed E-state index contributed by atoms with van der Waals surface area (Å²) >= 11 is 0. The molecule has 3 aromatic rings. The summed E-state index contributed by atoms with van der Waals surface area (Å²) in [6.45, 7) is 2.36. The van der Waals surface area contributed by atoms with Gasteiger partial charge in [0.05, 0.1) is 25.7 Å². The Morgan fingerprint density at radius 3 is 2.39 bits per heavy atom. The van der Waals surface area contributed by atoms with Gasteiger partial charge in [-0.25, -0.2) is 0 Å². The maximum Gasteiger partial charge on any atom is 0.416 e. The molecular formula is C25H25F3O5. The van der Waals surface area contributed by atoms with Crippen molar-refractivity contribution in [3.63, 3.8) is 0 Å². The second-order valence-electron chi connectivity index (χ2n) is 7.48. The summed E-state index contributed by atoms with van der Waals surface area (Å²) in [5.41, 5.74) is 1.41. The summed E-state index contributed by atoms with van der Waals surface area (Å²) in [6.07, 6.45) is -2.53. The van der Waals surface area contributed by atoms with Crippen molar-refractivity contribution >= 4 is 5.97 Å². The molecule has 0 amide bonds. The molecule has 1 aromatic heterocycles. The molecule has 0 unspecified atom stereocenters. The molecule has 1 N–H and O–H groups in total. The largest absolute Gasteiger partial charge is 0.496 e. The van der Waals surface area contributed by atoms with Crippen LogP contribution in [0.3, 0.4) is 0 Å². The van der Waals surface area contributed by atoms with Gasteiger partial charge in [0.15, 0.2) is 0 Å². The van der Waals surface area contributed by atoms with Crippen LogP contribution in [0.25, 0.3) is 11.3 Å². The van der Waals surface area contributed by atoms with Crippen molar-refractivity contribution < 1.29 is 37.0 Å². The fourth-order valence-electron chi connectivity index (χ4n) is 3.54. The van der Waals surface area contributed by atoms with Crippen molar-refractivity contribution in [3.8, 4) is 22.8 Å². The Bertz CT molecular complexity index is 1080. The number of benzene rings is 2. The molecule has 0 aliphatic rings. The molecule has 0 radical (unpaired) electrons. The topological polar surface area (TPSA) is 68.9 Å². The third-order valence-corrected chi connectivity index (χ3v) is 5.17. The van der Waals surface area contributed by atoms with Crippen molar-refractivity contribution in [2.45, 2.75) is 38.8 Å². The van der Waals surface area contributed by atoms with E-state index in [2.05, 4.69) is 0 Å². The van der Waals surface area contributed by atoms with Crippen LogP contribution in [0.15, 0.2) is 52.9 Å². The highest BCUT2D eigenvalue weighted by Crippen LogP contribution is 2.32. The Kier molecular flexibility index (Phi) is 7.68. The number of methoxy groups -OCH3 is 1. The van der Waals surface area contributed by atoms with Gasteiger partial charge in [0.1, 0.15) is 23.0 Å². The van der Waals surface area contributed by atoms with Crippen molar-refractivity contribution in [2.24, 2.45) is 0 Å². The lowest BCUT2D eigenvalue weighted by Crippen LogP contribution is -2.04. The summed E-state index contributed by atoms with van der Waals surface area (Å²) in [5, 5.41) is 9.05. The standard InChI is InChI=1S/C25H25F3O5/c1-3-21-17(14-23(33-21)16-6-8-19(9-7-16)25(26,27)28)5-4-12-32-20-10-11-22(31-2)18(13-20)15-24(29)30/h6-11,13-14H,3-5,12,15H2,1-2H3,(H,29,30). The predicted octanol–water partition coefficient (Wildman–Crippen LogP) is 6.18. The number of halogens is 3. The fourth-order valence-corrected chi connectivity index (χ4v) is 3.54. The first-order valence-corrected chi connectivity index (χ1v) is 10.5. The summed E-state index contributed by atoms with van der Waals surface area (Å²) < 4.78 is 55.2. The van der Waals surface area contributed by atoms with E-state index in [0.717, 1.165) is 23.5 Å². The molecule has 0 aliphatic carbocycles. The van der Waals surface area contributed by atoms with Gasteiger partial charge in [-0.1, -0.05) is 19.1 Å². The molecule has 0 saturated carbocycles. The fraction of sp³-hybridized carbons (Fsp3) is 0.320. The van der Waals surface area contributed by atoms with Gasteiger partial charge in [-0.2, -0.15) is 13.2 Å². The molecule has 5 nitrogen and oxygen atoms in total. The summed E-state index contributed by atoms with van der Waals surface area (Å²) in [5.74, 6) is 1.41. The molecule has 0 spiro atoms. The van der Waals surface area contributed by atoms with Crippen LogP contribution in [-0.4, -0.2) is 24.8 Å². The molecule has 2 aromatic carbocycles. The number of hydrogen-bond donors (Lipinski definition) is 1. The summed E-state index contributed by atoms with van der Waals surface area (Å²) in [7, 11) is 1.48. The van der Waals surface area contributed by atoms with E-state index >= 15 is 0 Å². The first-order valence-electron chi connectivity index (χ1n) is 10.5. The van der Waals surface area contributed by atoms with Crippen molar-refractivity contribution in [2.75, 3.05) is 13.7 Å². The number of carboxylic acid groups (broad SMARTS) is 1. The summed E-state index contributed by atoms with van der Waals surface area (Å²) in [6, 6.07) is 11.8. The summed E-state index contributed by atoms with van der Waals surface area (Å²) in [4.78, 5) is 11.0. The molecule has 176 valence electrons. The maximum atomic E-state index is 12.8. The van der Waals surface area contributed by atoms with Crippen LogP contribution >= 0.6 is 0 Å². The third-order valence-electron chi connectivity index (χ3n) is 5.17. The van der Waals surface area contributed by atoms with E-state index < -0.39 is 17.7 Å². The normalized spacial score (nSPS) is 11.4. The predicted molar refractivity (Wildman–Crippen MR) is 117 cm³/mol. The molecule has 0 atom stereocenters. The zero-order valence-electron chi connectivity index (χ0n) is 18.4. The third kappa shape index (κ3) is 6.31. The minimum atomic E-state index is -4.38. The SMILES string of the molecule is CCc1oc(-c2ccc(C(F)(F)F)cc2)cc1CCCOc1ccc(OC)c(CC(=O)O)c1. The van der Waals surface area contributed by atoms with E-state index in [1.165, 1.54) is 19.2 Å². The lowest BCUT2D eigenvalue weighted by molar-refractivity contribution is -0.138. The average Bonchev–Trinajstić information content (AvgIpc) is 3.19. The number of ether oxygens (including phenoxy) is 2. The number of aliphatic carboxylic acids is 1. The second-order valence-corrected chi connectivity index (χ2v) is 7.48. The van der Waals surface area contributed by atoms with Crippen LogP contribution in [0.1, 0.15) is 35.8 Å². The van der Waals surface area contributed by atoms with Crippen LogP contribution in [0.5, 0.6) is 11.5 Å². The van der Waals surface area contributed by atoms with Crippen LogP contribution in [0.2, 0.25) is 0 Å². The first kappa shape index (κ1) is 24.2. The van der Waals surface area contributed by atoms with Gasteiger partial charge in [-0.05, 0) is 54.8 Å². The lowest BCUT2D eigenvalue weighted by atomic mass is 10.1. The zero-order chi connectivity index (χ0) is 24.0. The van der Waals surface area contributed by atoms with E-state index in [4.69, 9.17) is 19.0 Å². The highest BCUT2D eigenvalue weighted by Gasteiger charge is 2.30. The average molecular weight is 462 g/mol. The first-order chi connectivity index (χ1) is 15.7. The van der Waals surface area contributed by atoms with E-state index in [9.17, 15) is 18.0 Å². The monoisotopic (exact) mass is 462 g/mol. The number of furan rings is 1. The van der Waals surface area contributed by atoms with E-state index in [1.807, 2.05) is 13.0 Å². The molecule has 33 heavy (non-hydrogen) atoms. The van der Waals surface area contributed by atoms with Gasteiger partial charge in [0, 0.05) is 17.5 Å². The lowest BCUT2D eigenvalue weighted by Gasteiger charge is -2.11. The maximum absolute atomic E-state index is 12.8. The van der Waals surface area contributed by atoms with Crippen LogP contribution in [0.4, 0.5) is 13.2 Å². The van der Waals surface area contributed by atoms with E-state index in [1.54, 1.807) is 18.2 Å². The number of carboxylic acids is 1. The number of rotatable bonds is 10.